The molecule has 16 heavy (non-hydrogen) atoms. The third-order valence-corrected chi connectivity index (χ3v) is 3.65. The number of halogens is 1. The van der Waals surface area contributed by atoms with Crippen LogP contribution in [0, 0.1) is 12.7 Å². The fourth-order valence-electron chi connectivity index (χ4n) is 1.45. The highest BCUT2D eigenvalue weighted by Crippen LogP contribution is 2.30. The first-order chi connectivity index (χ1) is 7.56. The molecule has 0 bridgehead atoms. The number of unbranched alkanes of at least 4 members (excludes halogenated alkanes) is 1. The second-order valence-electron chi connectivity index (χ2n) is 4.02. The van der Waals surface area contributed by atoms with Gasteiger partial charge in [0.15, 0.2) is 0 Å². The van der Waals surface area contributed by atoms with Gasteiger partial charge in [-0.05, 0) is 49.3 Å². The van der Waals surface area contributed by atoms with Gasteiger partial charge in [0.1, 0.15) is 5.82 Å². The van der Waals surface area contributed by atoms with Crippen molar-refractivity contribution in [3.8, 4) is 0 Å². The van der Waals surface area contributed by atoms with Crippen molar-refractivity contribution in [1.29, 1.82) is 0 Å². The molecule has 0 saturated heterocycles. The number of aryl methyl sites for hydroxylation is 1. The molecule has 0 unspecified atom stereocenters. The third-order valence-electron chi connectivity index (χ3n) is 2.50. The summed E-state index contributed by atoms with van der Waals surface area (Å²) in [6.07, 6.45) is 1.68. The van der Waals surface area contributed by atoms with Crippen LogP contribution in [-0.4, -0.2) is 10.9 Å². The molecule has 1 aromatic rings. The first-order valence-electron chi connectivity index (χ1n) is 5.67. The van der Waals surface area contributed by atoms with Gasteiger partial charge in [-0.3, -0.25) is 0 Å². The van der Waals surface area contributed by atoms with E-state index in [4.69, 9.17) is 0 Å². The summed E-state index contributed by atoms with van der Waals surface area (Å²) in [6.45, 7) is 5.57. The Morgan fingerprint density at radius 2 is 2.12 bits per heavy atom. The van der Waals surface area contributed by atoms with Crippen LogP contribution in [-0.2, 0) is 0 Å². The maximum Gasteiger partial charge on any atom is 0.126 e. The number of hydrogen-bond donors (Lipinski definition) is 1. The zero-order valence-corrected chi connectivity index (χ0v) is 10.9. The van der Waals surface area contributed by atoms with E-state index < -0.39 is 6.10 Å². The summed E-state index contributed by atoms with van der Waals surface area (Å²) in [4.78, 5) is 1.00. The van der Waals surface area contributed by atoms with Crippen molar-refractivity contribution in [2.75, 3.05) is 5.75 Å². The van der Waals surface area contributed by atoms with Crippen molar-refractivity contribution in [3.05, 3.63) is 29.1 Å². The highest BCUT2D eigenvalue weighted by molar-refractivity contribution is 7.99. The van der Waals surface area contributed by atoms with E-state index in [2.05, 4.69) is 6.92 Å². The van der Waals surface area contributed by atoms with Gasteiger partial charge < -0.3 is 5.11 Å². The van der Waals surface area contributed by atoms with Crippen molar-refractivity contribution in [1.82, 2.24) is 0 Å². The number of aliphatic hydroxyl groups excluding tert-OH is 1. The van der Waals surface area contributed by atoms with E-state index >= 15 is 0 Å². The molecule has 1 nitrogen and oxygen atoms in total. The van der Waals surface area contributed by atoms with Crippen molar-refractivity contribution in [3.63, 3.8) is 0 Å². The summed E-state index contributed by atoms with van der Waals surface area (Å²) in [5, 5.41) is 9.60. The number of benzene rings is 1. The average Bonchev–Trinajstić information content (AvgIpc) is 2.23. The van der Waals surface area contributed by atoms with Crippen LogP contribution in [0.3, 0.4) is 0 Å². The second kappa shape index (κ2) is 6.26. The lowest BCUT2D eigenvalue weighted by Gasteiger charge is -2.13. The van der Waals surface area contributed by atoms with Crippen LogP contribution in [0.5, 0.6) is 0 Å². The molecular weight excluding hydrogens is 223 g/mol. The smallest absolute Gasteiger partial charge is 0.126 e. The maximum absolute atomic E-state index is 13.4. The lowest BCUT2D eigenvalue weighted by Crippen LogP contribution is -1.98. The van der Waals surface area contributed by atoms with Crippen molar-refractivity contribution >= 4 is 11.8 Å². The van der Waals surface area contributed by atoms with Gasteiger partial charge in [-0.2, -0.15) is 0 Å². The molecule has 90 valence electrons. The lowest BCUT2D eigenvalue weighted by molar-refractivity contribution is 0.196. The Labute approximate surface area is 101 Å². The molecule has 0 heterocycles. The Kier molecular flexibility index (Phi) is 5.29. The zero-order valence-electron chi connectivity index (χ0n) is 10.1. The lowest BCUT2D eigenvalue weighted by atomic mass is 10.1. The van der Waals surface area contributed by atoms with E-state index in [0.29, 0.717) is 11.1 Å². The Morgan fingerprint density at radius 3 is 2.69 bits per heavy atom. The Balaban J connectivity index is 2.91. The highest BCUT2D eigenvalue weighted by Gasteiger charge is 2.11. The SMILES string of the molecule is CCCCSc1cc(C)c(F)cc1[C@H](C)O. The Hall–Kier alpha value is -0.540. The predicted octanol–water partition coefficient (Wildman–Crippen LogP) is 4.08. The predicted molar refractivity (Wildman–Crippen MR) is 67.4 cm³/mol. The quantitative estimate of drug-likeness (QED) is 0.620. The van der Waals surface area contributed by atoms with Crippen LogP contribution in [0.2, 0.25) is 0 Å². The molecule has 0 aliphatic heterocycles. The zero-order chi connectivity index (χ0) is 12.1. The van der Waals surface area contributed by atoms with Crippen LogP contribution in [0.25, 0.3) is 0 Å². The third kappa shape index (κ3) is 3.49. The summed E-state index contributed by atoms with van der Waals surface area (Å²) < 4.78 is 13.4. The molecule has 1 aromatic carbocycles. The van der Waals surface area contributed by atoms with Crippen LogP contribution in [0.4, 0.5) is 4.39 Å². The van der Waals surface area contributed by atoms with Gasteiger partial charge in [0.05, 0.1) is 6.10 Å². The Bertz CT molecular complexity index is 350. The number of aliphatic hydroxyl groups is 1. The minimum atomic E-state index is -0.612. The maximum atomic E-state index is 13.4. The topological polar surface area (TPSA) is 20.2 Å². The number of rotatable bonds is 5. The minimum absolute atomic E-state index is 0.240. The van der Waals surface area contributed by atoms with E-state index in [0.717, 1.165) is 23.5 Å². The fraction of sp³-hybridized carbons (Fsp3) is 0.538. The first kappa shape index (κ1) is 13.5. The van der Waals surface area contributed by atoms with Crippen molar-refractivity contribution in [2.24, 2.45) is 0 Å². The van der Waals surface area contributed by atoms with E-state index in [1.807, 2.05) is 6.07 Å². The molecule has 0 aliphatic rings. The van der Waals surface area contributed by atoms with Crippen LogP contribution < -0.4 is 0 Å². The van der Waals surface area contributed by atoms with Crippen LogP contribution in [0.15, 0.2) is 17.0 Å². The van der Waals surface area contributed by atoms with Crippen LogP contribution in [0.1, 0.15) is 43.9 Å². The molecule has 0 fully saturated rings. The van der Waals surface area contributed by atoms with Gasteiger partial charge in [0.25, 0.3) is 0 Å². The molecule has 1 N–H and O–H groups in total. The average molecular weight is 242 g/mol. The summed E-state index contributed by atoms with van der Waals surface area (Å²) in [6, 6.07) is 3.28. The van der Waals surface area contributed by atoms with Gasteiger partial charge in [-0.25, -0.2) is 4.39 Å². The largest absolute Gasteiger partial charge is 0.389 e. The number of thioether (sulfide) groups is 1. The normalized spacial score (nSPS) is 12.8. The molecule has 0 saturated carbocycles. The first-order valence-corrected chi connectivity index (χ1v) is 6.65. The summed E-state index contributed by atoms with van der Waals surface area (Å²) in [7, 11) is 0. The van der Waals surface area contributed by atoms with E-state index in [1.165, 1.54) is 6.07 Å². The molecule has 0 spiro atoms. The van der Waals surface area contributed by atoms with E-state index in [9.17, 15) is 9.50 Å². The van der Waals surface area contributed by atoms with Gasteiger partial charge in [-0.1, -0.05) is 13.3 Å². The molecule has 0 aromatic heterocycles. The Morgan fingerprint density at radius 1 is 1.44 bits per heavy atom. The molecule has 1 atom stereocenters. The highest BCUT2D eigenvalue weighted by atomic mass is 32.2. The van der Waals surface area contributed by atoms with E-state index in [-0.39, 0.29) is 5.82 Å². The van der Waals surface area contributed by atoms with Gasteiger partial charge in [0, 0.05) is 4.90 Å². The van der Waals surface area contributed by atoms with E-state index in [1.54, 1.807) is 25.6 Å². The van der Waals surface area contributed by atoms with Crippen molar-refractivity contribution < 1.29 is 9.50 Å². The molecule has 3 heteroatoms. The molecular formula is C13H19FOS. The summed E-state index contributed by atoms with van der Waals surface area (Å²) >= 11 is 1.70. The molecule has 0 aliphatic carbocycles. The van der Waals surface area contributed by atoms with Gasteiger partial charge in [0.2, 0.25) is 0 Å². The summed E-state index contributed by atoms with van der Waals surface area (Å²) in [5.41, 5.74) is 1.34. The van der Waals surface area contributed by atoms with Gasteiger partial charge in [-0.15, -0.1) is 11.8 Å². The molecule has 0 amide bonds. The number of hydrogen-bond acceptors (Lipinski definition) is 2. The second-order valence-corrected chi connectivity index (χ2v) is 5.15. The minimum Gasteiger partial charge on any atom is -0.389 e. The summed E-state index contributed by atoms with van der Waals surface area (Å²) in [5.74, 6) is 0.775. The van der Waals surface area contributed by atoms with Crippen molar-refractivity contribution in [2.45, 2.75) is 44.6 Å². The van der Waals surface area contributed by atoms with Gasteiger partial charge >= 0.3 is 0 Å². The standard InChI is InChI=1S/C13H19FOS/c1-4-5-6-16-13-7-9(2)12(14)8-11(13)10(3)15/h7-8,10,15H,4-6H2,1-3H3/t10-/m0/s1. The van der Waals surface area contributed by atoms with Crippen LogP contribution >= 0.6 is 11.8 Å². The fourth-order valence-corrected chi connectivity index (χ4v) is 2.76. The molecule has 0 radical (unpaired) electrons. The monoisotopic (exact) mass is 242 g/mol. The molecule has 1 rings (SSSR count).